The van der Waals surface area contributed by atoms with Crippen LogP contribution in [0.4, 0.5) is 11.4 Å². The normalized spacial score (nSPS) is 18.3. The molecule has 2 aromatic carbocycles. The van der Waals surface area contributed by atoms with E-state index in [0.29, 0.717) is 6.42 Å². The average molecular weight is 578 g/mol. The van der Waals surface area contributed by atoms with Gasteiger partial charge in [0.1, 0.15) is 6.54 Å². The third-order valence-corrected chi connectivity index (χ3v) is 8.99. The van der Waals surface area contributed by atoms with Crippen LogP contribution in [0.15, 0.2) is 77.4 Å². The Kier molecular flexibility index (Phi) is 8.73. The average Bonchev–Trinajstić information content (AvgIpc) is 3.28. The number of fused-ring (bicyclic) bond motifs is 2. The van der Waals surface area contributed by atoms with Crippen LogP contribution in [0.3, 0.4) is 0 Å². The van der Waals surface area contributed by atoms with E-state index in [1.807, 2.05) is 32.1 Å². The van der Waals surface area contributed by atoms with Crippen LogP contribution in [0.2, 0.25) is 0 Å². The summed E-state index contributed by atoms with van der Waals surface area (Å²) in [4.78, 5) is 11.3. The van der Waals surface area contributed by atoms with Crippen LogP contribution in [-0.4, -0.2) is 35.7 Å². The molecule has 0 atom stereocenters. The number of hydrogen-bond donors (Lipinski definition) is 4. The quantitative estimate of drug-likeness (QED) is 0.0557. The van der Waals surface area contributed by atoms with Gasteiger partial charge in [0.2, 0.25) is 11.6 Å². The SMILES string of the molecule is Cc1ccc2c(c1)C(C)(C)C(/C=C/C=C/C=C1/Nc3ccc(S(=O)(=O)O)cc3C1(C)C)=[N+]2CCCCCC(=O)NN. The first kappa shape index (κ1) is 30.4. The maximum Gasteiger partial charge on any atom is 0.294 e. The van der Waals surface area contributed by atoms with Crippen LogP contribution < -0.4 is 16.6 Å². The van der Waals surface area contributed by atoms with Crippen molar-refractivity contribution in [3.05, 3.63) is 89.2 Å². The second-order valence-corrected chi connectivity index (χ2v) is 13.2. The number of benzene rings is 2. The molecule has 0 unspecified atom stereocenters. The van der Waals surface area contributed by atoms with E-state index in [0.717, 1.165) is 42.8 Å². The van der Waals surface area contributed by atoms with Crippen LogP contribution in [-0.2, 0) is 25.7 Å². The van der Waals surface area contributed by atoms with Crippen molar-refractivity contribution in [1.82, 2.24) is 5.43 Å². The topological polar surface area (TPSA) is 125 Å². The Morgan fingerprint density at radius 1 is 1.00 bits per heavy atom. The first-order valence-electron chi connectivity index (χ1n) is 14.0. The summed E-state index contributed by atoms with van der Waals surface area (Å²) in [6.45, 7) is 11.5. The fraction of sp³-hybridized carbons (Fsp3) is 0.375. The Balaban J connectivity index is 1.53. The van der Waals surface area contributed by atoms with Crippen LogP contribution in [0, 0.1) is 6.92 Å². The minimum Gasteiger partial charge on any atom is -0.358 e. The Morgan fingerprint density at radius 3 is 2.46 bits per heavy atom. The lowest BCUT2D eigenvalue weighted by Crippen LogP contribution is -2.29. The van der Waals surface area contributed by atoms with Crippen molar-refractivity contribution in [3.8, 4) is 0 Å². The van der Waals surface area contributed by atoms with Crippen LogP contribution in [0.25, 0.3) is 0 Å². The molecule has 0 radical (unpaired) electrons. The van der Waals surface area contributed by atoms with Crippen molar-refractivity contribution < 1.29 is 22.3 Å². The van der Waals surface area contributed by atoms with Crippen molar-refractivity contribution in [1.29, 1.82) is 0 Å². The Hall–Kier alpha value is -3.53. The summed E-state index contributed by atoms with van der Waals surface area (Å²) in [5, 5.41) is 3.38. The van der Waals surface area contributed by atoms with E-state index in [9.17, 15) is 17.8 Å². The molecule has 0 saturated heterocycles. The van der Waals surface area contributed by atoms with Crippen LogP contribution in [0.5, 0.6) is 0 Å². The molecule has 2 aliphatic heterocycles. The standard InChI is InChI=1S/C32H40N4O4S/c1-22-15-18-27-25(20-22)32(4,5)29(36(27)19-11-7-10-14-30(37)35-33)13-9-6-8-12-28-31(2,3)24-21-23(41(38,39)40)16-17-26(24)34-28/h6,8-9,12-13,15-18,20-21H,7,10-11,14,19,33H2,1-5H3,(H2,35,37,38,39,40)/p+1. The largest absolute Gasteiger partial charge is 0.358 e. The molecule has 1 amide bonds. The van der Waals surface area contributed by atoms with Gasteiger partial charge in [0.15, 0.2) is 5.71 Å². The number of nitrogens with zero attached hydrogens (tertiary/aromatic N) is 1. The van der Waals surface area contributed by atoms with Gasteiger partial charge in [0, 0.05) is 47.3 Å². The Morgan fingerprint density at radius 2 is 1.76 bits per heavy atom. The summed E-state index contributed by atoms with van der Waals surface area (Å²) in [7, 11) is -4.27. The fourth-order valence-corrected chi connectivity index (χ4v) is 6.21. The lowest BCUT2D eigenvalue weighted by atomic mass is 9.81. The number of anilines is 1. The predicted octanol–water partition coefficient (Wildman–Crippen LogP) is 5.57. The molecule has 0 saturated carbocycles. The van der Waals surface area contributed by atoms with E-state index in [4.69, 9.17) is 5.84 Å². The lowest BCUT2D eigenvalue weighted by molar-refractivity contribution is -0.438. The number of nitrogens with two attached hydrogens (primary N) is 1. The molecule has 0 aromatic heterocycles. The molecule has 41 heavy (non-hydrogen) atoms. The van der Waals surface area contributed by atoms with Crippen molar-refractivity contribution in [2.24, 2.45) is 5.84 Å². The number of carbonyl (C=O) groups excluding carboxylic acids is 1. The van der Waals surface area contributed by atoms with E-state index in [-0.39, 0.29) is 16.2 Å². The van der Waals surface area contributed by atoms with Gasteiger partial charge in [-0.15, -0.1) is 0 Å². The van der Waals surface area contributed by atoms with Gasteiger partial charge >= 0.3 is 0 Å². The number of aryl methyl sites for hydroxylation is 1. The van der Waals surface area contributed by atoms with Crippen LogP contribution >= 0.6 is 0 Å². The number of carbonyl (C=O) groups is 1. The number of amides is 1. The predicted molar refractivity (Wildman–Crippen MR) is 164 cm³/mol. The van der Waals surface area contributed by atoms with E-state index in [1.54, 1.807) is 6.07 Å². The number of unbranched alkanes of at least 4 members (excludes halogenated alkanes) is 2. The van der Waals surface area contributed by atoms with Gasteiger partial charge < -0.3 is 5.32 Å². The zero-order valence-corrected chi connectivity index (χ0v) is 25.3. The first-order chi connectivity index (χ1) is 19.3. The number of hydrazine groups is 1. The molecule has 4 rings (SSSR count). The highest BCUT2D eigenvalue weighted by molar-refractivity contribution is 7.85. The summed E-state index contributed by atoms with van der Waals surface area (Å²) in [6, 6.07) is 11.2. The summed E-state index contributed by atoms with van der Waals surface area (Å²) < 4.78 is 35.1. The second kappa shape index (κ2) is 11.8. The molecule has 2 aliphatic rings. The highest BCUT2D eigenvalue weighted by Crippen LogP contribution is 2.44. The van der Waals surface area contributed by atoms with Crippen molar-refractivity contribution in [2.45, 2.75) is 76.0 Å². The summed E-state index contributed by atoms with van der Waals surface area (Å²) >= 11 is 0. The molecule has 2 aromatic rings. The van der Waals surface area contributed by atoms with Gasteiger partial charge in [0.25, 0.3) is 10.1 Å². The zero-order chi connectivity index (χ0) is 30.0. The highest BCUT2D eigenvalue weighted by Gasteiger charge is 2.44. The monoisotopic (exact) mass is 577 g/mol. The molecule has 2 heterocycles. The lowest BCUT2D eigenvalue weighted by Gasteiger charge is -2.20. The first-order valence-corrected chi connectivity index (χ1v) is 15.4. The summed E-state index contributed by atoms with van der Waals surface area (Å²) in [5.41, 5.74) is 9.15. The smallest absolute Gasteiger partial charge is 0.294 e. The number of allylic oxidation sites excluding steroid dienone is 6. The minimum atomic E-state index is -4.27. The molecule has 8 nitrogen and oxygen atoms in total. The Bertz CT molecular complexity index is 1580. The number of nitrogens with one attached hydrogen (secondary N) is 2. The van der Waals surface area contributed by atoms with Gasteiger partial charge in [0.05, 0.1) is 10.3 Å². The van der Waals surface area contributed by atoms with Gasteiger partial charge in [-0.05, 0) is 69.5 Å². The maximum absolute atomic E-state index is 11.6. The molecule has 0 bridgehead atoms. The third kappa shape index (κ3) is 6.37. The molecule has 0 spiro atoms. The van der Waals surface area contributed by atoms with Gasteiger partial charge in [-0.3, -0.25) is 14.8 Å². The van der Waals surface area contributed by atoms with Crippen LogP contribution in [0.1, 0.15) is 70.1 Å². The molecule has 9 heteroatoms. The van der Waals surface area contributed by atoms with E-state index in [2.05, 4.69) is 66.4 Å². The molecule has 5 N–H and O–H groups in total. The summed E-state index contributed by atoms with van der Waals surface area (Å²) in [5.74, 6) is 5.06. The third-order valence-electron chi connectivity index (χ3n) is 8.14. The molecular formula is C32H41N4O4S+. The highest BCUT2D eigenvalue weighted by atomic mass is 32.2. The number of hydrogen-bond acceptors (Lipinski definition) is 5. The van der Waals surface area contributed by atoms with E-state index in [1.165, 1.54) is 34.7 Å². The molecule has 0 aliphatic carbocycles. The van der Waals surface area contributed by atoms with Crippen molar-refractivity contribution in [2.75, 3.05) is 11.9 Å². The van der Waals surface area contributed by atoms with Gasteiger partial charge in [-0.2, -0.15) is 13.0 Å². The van der Waals surface area contributed by atoms with Crippen molar-refractivity contribution in [3.63, 3.8) is 0 Å². The van der Waals surface area contributed by atoms with Crippen molar-refractivity contribution >= 4 is 33.1 Å². The Labute approximate surface area is 243 Å². The summed E-state index contributed by atoms with van der Waals surface area (Å²) in [6.07, 6.45) is 13.3. The second-order valence-electron chi connectivity index (χ2n) is 11.8. The van der Waals surface area contributed by atoms with Gasteiger partial charge in [-0.25, -0.2) is 5.84 Å². The van der Waals surface area contributed by atoms with Gasteiger partial charge in [-0.1, -0.05) is 43.7 Å². The maximum atomic E-state index is 11.6. The van der Waals surface area contributed by atoms with E-state index < -0.39 is 15.5 Å². The molecule has 218 valence electrons. The molecule has 0 fully saturated rings. The fourth-order valence-electron chi connectivity index (χ4n) is 5.70. The number of rotatable bonds is 10. The molecular weight excluding hydrogens is 536 g/mol. The zero-order valence-electron chi connectivity index (χ0n) is 24.5. The minimum absolute atomic E-state index is 0.108. The van der Waals surface area contributed by atoms with E-state index >= 15 is 0 Å².